The third-order valence-electron chi connectivity index (χ3n) is 3.38. The fourth-order valence-corrected chi connectivity index (χ4v) is 2.21. The first kappa shape index (κ1) is 17.5. The monoisotopic (exact) mass is 327 g/mol. The number of nitrogens with one attached hydrogen (secondary N) is 1. The predicted octanol–water partition coefficient (Wildman–Crippen LogP) is 3.74. The highest BCUT2D eigenvalue weighted by molar-refractivity contribution is 6.04. The van der Waals surface area contributed by atoms with E-state index < -0.39 is 5.97 Å². The molecule has 2 aromatic rings. The summed E-state index contributed by atoms with van der Waals surface area (Å²) in [4.78, 5) is 23.0. The summed E-state index contributed by atoms with van der Waals surface area (Å²) < 4.78 is 5.53. The molecule has 0 atom stereocenters. The maximum absolute atomic E-state index is 12.4. The van der Waals surface area contributed by atoms with Crippen LogP contribution in [-0.2, 0) is 11.2 Å². The molecule has 0 spiro atoms. The van der Waals surface area contributed by atoms with Crippen LogP contribution in [0.4, 0.5) is 5.69 Å². The van der Waals surface area contributed by atoms with Gasteiger partial charge in [-0.3, -0.25) is 9.59 Å². The molecule has 0 heterocycles. The van der Waals surface area contributed by atoms with Crippen molar-refractivity contribution in [2.45, 2.75) is 26.2 Å². The summed E-state index contributed by atoms with van der Waals surface area (Å²) in [6.45, 7) is 2.63. The minimum absolute atomic E-state index is 0.0637. The van der Waals surface area contributed by atoms with Gasteiger partial charge in [0.2, 0.25) is 0 Å². The molecule has 0 aliphatic heterocycles. The maximum atomic E-state index is 12.4. The summed E-state index contributed by atoms with van der Waals surface area (Å²) in [6, 6.07) is 14.2. The Balaban J connectivity index is 2.04. The van der Waals surface area contributed by atoms with E-state index >= 15 is 0 Å². The number of carbonyl (C=O) groups excluding carboxylic acids is 1. The van der Waals surface area contributed by atoms with Gasteiger partial charge < -0.3 is 15.2 Å². The average molecular weight is 327 g/mol. The number of carboxylic acids is 1. The van der Waals surface area contributed by atoms with Gasteiger partial charge in [-0.2, -0.15) is 0 Å². The van der Waals surface area contributed by atoms with Crippen LogP contribution in [0.15, 0.2) is 48.5 Å². The lowest BCUT2D eigenvalue weighted by Crippen LogP contribution is -2.12. The van der Waals surface area contributed by atoms with Gasteiger partial charge in [-0.25, -0.2) is 0 Å². The summed E-state index contributed by atoms with van der Waals surface area (Å²) in [6.07, 6.45) is 1.40. The molecule has 0 saturated carbocycles. The molecule has 2 N–H and O–H groups in total. The number of hydrogen-bond acceptors (Lipinski definition) is 3. The zero-order valence-electron chi connectivity index (χ0n) is 13.6. The molecule has 0 aromatic heterocycles. The third-order valence-corrected chi connectivity index (χ3v) is 3.38. The number of carboxylic acid groups (broad SMARTS) is 1. The molecule has 0 bridgehead atoms. The van der Waals surface area contributed by atoms with Gasteiger partial charge in [-0.1, -0.05) is 25.1 Å². The van der Waals surface area contributed by atoms with Crippen molar-refractivity contribution in [3.63, 3.8) is 0 Å². The topological polar surface area (TPSA) is 75.6 Å². The molecule has 0 radical (unpaired) electrons. The Morgan fingerprint density at radius 2 is 1.92 bits per heavy atom. The number of benzene rings is 2. The number of amides is 1. The van der Waals surface area contributed by atoms with E-state index in [4.69, 9.17) is 9.84 Å². The highest BCUT2D eigenvalue weighted by Crippen LogP contribution is 2.17. The number of anilines is 1. The molecule has 24 heavy (non-hydrogen) atoms. The summed E-state index contributed by atoms with van der Waals surface area (Å²) in [5, 5.41) is 11.6. The molecular formula is C19H21NO4. The van der Waals surface area contributed by atoms with Crippen LogP contribution in [0.2, 0.25) is 0 Å². The summed E-state index contributed by atoms with van der Waals surface area (Å²) in [5.74, 6) is -0.402. The van der Waals surface area contributed by atoms with E-state index in [9.17, 15) is 9.59 Å². The summed E-state index contributed by atoms with van der Waals surface area (Å²) in [5.41, 5.74) is 2.03. The molecule has 0 saturated heterocycles. The molecule has 0 aliphatic rings. The van der Waals surface area contributed by atoms with Crippen molar-refractivity contribution in [2.24, 2.45) is 0 Å². The minimum atomic E-state index is -0.840. The molecule has 1 amide bonds. The van der Waals surface area contributed by atoms with Crippen molar-refractivity contribution in [3.05, 3.63) is 59.7 Å². The normalized spacial score (nSPS) is 10.2. The maximum Gasteiger partial charge on any atom is 0.303 e. The van der Waals surface area contributed by atoms with Crippen molar-refractivity contribution in [1.82, 2.24) is 0 Å². The average Bonchev–Trinajstić information content (AvgIpc) is 2.58. The van der Waals surface area contributed by atoms with Crippen molar-refractivity contribution in [3.8, 4) is 5.75 Å². The van der Waals surface area contributed by atoms with Gasteiger partial charge in [0.05, 0.1) is 6.61 Å². The van der Waals surface area contributed by atoms with E-state index in [1.165, 1.54) is 0 Å². The van der Waals surface area contributed by atoms with E-state index in [1.54, 1.807) is 36.4 Å². The number of ether oxygens (including phenoxy) is 1. The molecule has 2 aromatic carbocycles. The van der Waals surface area contributed by atoms with Crippen LogP contribution in [0.3, 0.4) is 0 Å². The van der Waals surface area contributed by atoms with Gasteiger partial charge in [-0.15, -0.1) is 0 Å². The zero-order valence-corrected chi connectivity index (χ0v) is 13.6. The van der Waals surface area contributed by atoms with Gasteiger partial charge in [0.1, 0.15) is 5.75 Å². The second-order valence-electron chi connectivity index (χ2n) is 5.42. The van der Waals surface area contributed by atoms with Crippen LogP contribution in [0.1, 0.15) is 35.7 Å². The first-order valence-corrected chi connectivity index (χ1v) is 7.93. The van der Waals surface area contributed by atoms with Gasteiger partial charge in [0.15, 0.2) is 0 Å². The predicted molar refractivity (Wildman–Crippen MR) is 92.6 cm³/mol. The van der Waals surface area contributed by atoms with Crippen molar-refractivity contribution in [1.29, 1.82) is 0 Å². The second-order valence-corrected chi connectivity index (χ2v) is 5.42. The molecule has 2 rings (SSSR count). The van der Waals surface area contributed by atoms with Crippen LogP contribution in [-0.4, -0.2) is 23.6 Å². The van der Waals surface area contributed by atoms with E-state index in [2.05, 4.69) is 5.32 Å². The highest BCUT2D eigenvalue weighted by atomic mass is 16.5. The van der Waals surface area contributed by atoms with Gasteiger partial charge in [0, 0.05) is 17.7 Å². The van der Waals surface area contributed by atoms with Crippen molar-refractivity contribution >= 4 is 17.6 Å². The lowest BCUT2D eigenvalue weighted by atomic mass is 10.1. The van der Waals surface area contributed by atoms with E-state index in [0.717, 1.165) is 12.0 Å². The minimum Gasteiger partial charge on any atom is -0.494 e. The first-order valence-electron chi connectivity index (χ1n) is 7.93. The Kier molecular flexibility index (Phi) is 6.37. The Morgan fingerprint density at radius 3 is 2.67 bits per heavy atom. The van der Waals surface area contributed by atoms with Gasteiger partial charge >= 0.3 is 5.97 Å². The second kappa shape index (κ2) is 8.72. The fraction of sp³-hybridized carbons (Fsp3) is 0.263. The van der Waals surface area contributed by atoms with Crippen LogP contribution < -0.4 is 10.1 Å². The quantitative estimate of drug-likeness (QED) is 0.774. The lowest BCUT2D eigenvalue weighted by molar-refractivity contribution is -0.136. The van der Waals surface area contributed by atoms with Crippen molar-refractivity contribution < 1.29 is 19.4 Å². The summed E-state index contributed by atoms with van der Waals surface area (Å²) >= 11 is 0. The fourth-order valence-electron chi connectivity index (χ4n) is 2.21. The van der Waals surface area contributed by atoms with Gasteiger partial charge in [0.25, 0.3) is 5.91 Å². The first-order chi connectivity index (χ1) is 11.6. The molecule has 5 heteroatoms. The Hall–Kier alpha value is -2.82. The van der Waals surface area contributed by atoms with E-state index in [0.29, 0.717) is 30.0 Å². The SMILES string of the molecule is CCCOc1cccc(C(=O)Nc2cccc(CCC(=O)O)c2)c1. The standard InChI is InChI=1S/C19H21NO4/c1-2-11-24-17-8-4-6-15(13-17)19(23)20-16-7-3-5-14(12-16)9-10-18(21)22/h3-8,12-13H,2,9-11H2,1H3,(H,20,23)(H,21,22). The summed E-state index contributed by atoms with van der Waals surface area (Å²) in [7, 11) is 0. The number of aliphatic carboxylic acids is 1. The number of aryl methyl sites for hydroxylation is 1. The number of rotatable bonds is 8. The lowest BCUT2D eigenvalue weighted by Gasteiger charge is -2.09. The molecular weight excluding hydrogens is 306 g/mol. The number of carbonyl (C=O) groups is 2. The Morgan fingerprint density at radius 1 is 1.12 bits per heavy atom. The van der Waals surface area contributed by atoms with E-state index in [-0.39, 0.29) is 12.3 Å². The van der Waals surface area contributed by atoms with Crippen molar-refractivity contribution in [2.75, 3.05) is 11.9 Å². The zero-order chi connectivity index (χ0) is 17.4. The van der Waals surface area contributed by atoms with E-state index in [1.807, 2.05) is 19.1 Å². The third kappa shape index (κ3) is 5.43. The molecule has 126 valence electrons. The molecule has 5 nitrogen and oxygen atoms in total. The largest absolute Gasteiger partial charge is 0.494 e. The molecule has 0 unspecified atom stereocenters. The number of hydrogen-bond donors (Lipinski definition) is 2. The van der Waals surface area contributed by atoms with Crippen LogP contribution in [0, 0.1) is 0 Å². The highest BCUT2D eigenvalue weighted by Gasteiger charge is 2.08. The van der Waals surface area contributed by atoms with Crippen LogP contribution in [0.5, 0.6) is 5.75 Å². The van der Waals surface area contributed by atoms with Crippen LogP contribution >= 0.6 is 0 Å². The molecule has 0 aliphatic carbocycles. The van der Waals surface area contributed by atoms with Gasteiger partial charge in [-0.05, 0) is 48.7 Å². The van der Waals surface area contributed by atoms with Crippen LogP contribution in [0.25, 0.3) is 0 Å². The Bertz CT molecular complexity index is 712. The smallest absolute Gasteiger partial charge is 0.303 e. The Labute approximate surface area is 141 Å². The molecule has 0 fully saturated rings.